The van der Waals surface area contributed by atoms with Crippen LogP contribution in [0, 0.1) is 5.92 Å². The summed E-state index contributed by atoms with van der Waals surface area (Å²) < 4.78 is 10.7. The lowest BCUT2D eigenvalue weighted by Gasteiger charge is -2.21. The summed E-state index contributed by atoms with van der Waals surface area (Å²) in [7, 11) is 3.56. The zero-order chi connectivity index (χ0) is 16.8. The van der Waals surface area contributed by atoms with Crippen LogP contribution in [0.15, 0.2) is 45.9 Å². The van der Waals surface area contributed by atoms with Crippen LogP contribution < -0.4 is 5.32 Å². The van der Waals surface area contributed by atoms with Gasteiger partial charge in [-0.05, 0) is 6.42 Å². The Kier molecular flexibility index (Phi) is 7.70. The van der Waals surface area contributed by atoms with E-state index in [9.17, 15) is 0 Å². The first-order valence-corrected chi connectivity index (χ1v) is 8.25. The van der Waals surface area contributed by atoms with E-state index in [2.05, 4.69) is 20.4 Å². The summed E-state index contributed by atoms with van der Waals surface area (Å²) in [4.78, 5) is 6.64. The summed E-state index contributed by atoms with van der Waals surface area (Å²) in [5, 5.41) is 7.51. The second-order valence-electron chi connectivity index (χ2n) is 6.01. The minimum atomic E-state index is 0. The van der Waals surface area contributed by atoms with Gasteiger partial charge >= 0.3 is 0 Å². The molecule has 1 atom stereocenters. The Hall–Kier alpha value is -1.61. The van der Waals surface area contributed by atoms with Gasteiger partial charge in [0.1, 0.15) is 5.69 Å². The van der Waals surface area contributed by atoms with Gasteiger partial charge in [-0.2, -0.15) is 0 Å². The van der Waals surface area contributed by atoms with Crippen LogP contribution in [-0.2, 0) is 11.3 Å². The smallest absolute Gasteiger partial charge is 0.193 e. The summed E-state index contributed by atoms with van der Waals surface area (Å²) in [6, 6.07) is 11.9. The van der Waals surface area contributed by atoms with Crippen LogP contribution in [0.3, 0.4) is 0 Å². The minimum absolute atomic E-state index is 0. The fourth-order valence-electron chi connectivity index (χ4n) is 3.03. The molecule has 1 fully saturated rings. The third-order valence-corrected chi connectivity index (χ3v) is 4.24. The average molecular weight is 456 g/mol. The van der Waals surface area contributed by atoms with Crippen LogP contribution in [-0.4, -0.2) is 49.9 Å². The van der Waals surface area contributed by atoms with Gasteiger partial charge in [-0.3, -0.25) is 4.99 Å². The topological polar surface area (TPSA) is 62.9 Å². The molecule has 7 heteroatoms. The number of nitrogens with zero attached hydrogens (tertiary/aromatic N) is 3. The zero-order valence-electron chi connectivity index (χ0n) is 14.6. The highest BCUT2D eigenvalue weighted by molar-refractivity contribution is 14.0. The SMILES string of the molecule is CN=C(NCc1cc(-c2ccccc2)on1)N1CCC(COC)C1.I. The monoisotopic (exact) mass is 456 g/mol. The fourth-order valence-corrected chi connectivity index (χ4v) is 3.03. The standard InChI is InChI=1S/C18H24N4O2.HI/c1-19-18(22-9-8-14(12-22)13-23-2)20-11-16-10-17(24-21-16)15-6-4-3-5-7-15;/h3-7,10,14H,8-9,11-13H2,1-2H3,(H,19,20);1H. The molecule has 0 saturated carbocycles. The summed E-state index contributed by atoms with van der Waals surface area (Å²) >= 11 is 0. The lowest BCUT2D eigenvalue weighted by atomic mass is 10.1. The number of ether oxygens (including phenoxy) is 1. The molecule has 1 aliphatic heterocycles. The number of halogens is 1. The number of guanidine groups is 1. The number of rotatable bonds is 5. The Balaban J connectivity index is 0.00000225. The van der Waals surface area contributed by atoms with E-state index in [0.29, 0.717) is 12.5 Å². The van der Waals surface area contributed by atoms with Crippen molar-refractivity contribution in [1.29, 1.82) is 0 Å². The average Bonchev–Trinajstić information content (AvgIpc) is 3.27. The normalized spacial score (nSPS) is 17.4. The lowest BCUT2D eigenvalue weighted by molar-refractivity contribution is 0.157. The van der Waals surface area contributed by atoms with E-state index in [0.717, 1.165) is 49.1 Å². The molecule has 1 saturated heterocycles. The van der Waals surface area contributed by atoms with Crippen molar-refractivity contribution in [2.45, 2.75) is 13.0 Å². The molecule has 0 spiro atoms. The molecule has 0 bridgehead atoms. The molecule has 25 heavy (non-hydrogen) atoms. The Morgan fingerprint density at radius 1 is 1.40 bits per heavy atom. The Labute approximate surface area is 165 Å². The van der Waals surface area contributed by atoms with Gasteiger partial charge in [0.05, 0.1) is 13.2 Å². The Morgan fingerprint density at radius 3 is 2.92 bits per heavy atom. The highest BCUT2D eigenvalue weighted by atomic mass is 127. The predicted molar refractivity (Wildman–Crippen MR) is 109 cm³/mol. The third-order valence-electron chi connectivity index (χ3n) is 4.24. The van der Waals surface area contributed by atoms with Crippen LogP contribution in [0.5, 0.6) is 0 Å². The number of aliphatic imine (C=N–C) groups is 1. The molecule has 0 aliphatic carbocycles. The molecule has 136 valence electrons. The van der Waals surface area contributed by atoms with Gasteiger partial charge in [0.25, 0.3) is 0 Å². The van der Waals surface area contributed by atoms with Gasteiger partial charge in [-0.1, -0.05) is 35.5 Å². The minimum Gasteiger partial charge on any atom is -0.384 e. The number of aromatic nitrogens is 1. The van der Waals surface area contributed by atoms with Gasteiger partial charge in [0, 0.05) is 44.8 Å². The van der Waals surface area contributed by atoms with Crippen LogP contribution in [0.2, 0.25) is 0 Å². The third kappa shape index (κ3) is 5.18. The van der Waals surface area contributed by atoms with Crippen LogP contribution in [0.25, 0.3) is 11.3 Å². The number of nitrogens with one attached hydrogen (secondary N) is 1. The van der Waals surface area contributed by atoms with E-state index in [1.54, 1.807) is 7.11 Å². The quantitative estimate of drug-likeness (QED) is 0.426. The molecule has 1 aromatic heterocycles. The van der Waals surface area contributed by atoms with Crippen molar-refractivity contribution in [3.8, 4) is 11.3 Å². The van der Waals surface area contributed by atoms with Crippen molar-refractivity contribution in [2.75, 3.05) is 33.9 Å². The maximum absolute atomic E-state index is 5.43. The highest BCUT2D eigenvalue weighted by Gasteiger charge is 2.24. The van der Waals surface area contributed by atoms with Crippen molar-refractivity contribution >= 4 is 29.9 Å². The second kappa shape index (κ2) is 9.76. The molecule has 1 unspecified atom stereocenters. The number of benzene rings is 1. The molecule has 2 aromatic rings. The summed E-state index contributed by atoms with van der Waals surface area (Å²) in [6.45, 7) is 3.37. The molecular formula is C18H25IN4O2. The van der Waals surface area contributed by atoms with Gasteiger partial charge in [-0.15, -0.1) is 24.0 Å². The first kappa shape index (κ1) is 19.7. The highest BCUT2D eigenvalue weighted by Crippen LogP contribution is 2.20. The van der Waals surface area contributed by atoms with Crippen LogP contribution in [0.1, 0.15) is 12.1 Å². The summed E-state index contributed by atoms with van der Waals surface area (Å²) in [5.41, 5.74) is 1.89. The van der Waals surface area contributed by atoms with Crippen molar-refractivity contribution in [3.05, 3.63) is 42.1 Å². The molecule has 3 rings (SSSR count). The van der Waals surface area contributed by atoms with Crippen LogP contribution >= 0.6 is 24.0 Å². The largest absolute Gasteiger partial charge is 0.384 e. The summed E-state index contributed by atoms with van der Waals surface area (Å²) in [6.07, 6.45) is 1.14. The number of hydrogen-bond donors (Lipinski definition) is 1. The maximum Gasteiger partial charge on any atom is 0.193 e. The zero-order valence-corrected chi connectivity index (χ0v) is 17.0. The molecule has 1 aliphatic rings. The molecular weight excluding hydrogens is 431 g/mol. The van der Waals surface area contributed by atoms with Crippen LogP contribution in [0.4, 0.5) is 0 Å². The van der Waals surface area contributed by atoms with Crippen molar-refractivity contribution in [2.24, 2.45) is 10.9 Å². The van der Waals surface area contributed by atoms with E-state index < -0.39 is 0 Å². The Morgan fingerprint density at radius 2 is 2.20 bits per heavy atom. The number of methoxy groups -OCH3 is 1. The molecule has 6 nitrogen and oxygen atoms in total. The lowest BCUT2D eigenvalue weighted by Crippen LogP contribution is -2.39. The molecule has 1 N–H and O–H groups in total. The summed E-state index contributed by atoms with van der Waals surface area (Å²) in [5.74, 6) is 2.26. The molecule has 0 amide bonds. The Bertz CT molecular complexity index is 675. The second-order valence-corrected chi connectivity index (χ2v) is 6.01. The first-order valence-electron chi connectivity index (χ1n) is 8.25. The van der Waals surface area contributed by atoms with Crippen molar-refractivity contribution in [1.82, 2.24) is 15.4 Å². The van der Waals surface area contributed by atoms with Crippen molar-refractivity contribution < 1.29 is 9.26 Å². The fraction of sp³-hybridized carbons (Fsp3) is 0.444. The van der Waals surface area contributed by atoms with E-state index in [4.69, 9.17) is 9.26 Å². The van der Waals surface area contributed by atoms with Crippen molar-refractivity contribution in [3.63, 3.8) is 0 Å². The van der Waals surface area contributed by atoms with E-state index in [1.807, 2.05) is 43.4 Å². The molecule has 1 aromatic carbocycles. The maximum atomic E-state index is 5.43. The first-order chi connectivity index (χ1) is 11.8. The van der Waals surface area contributed by atoms with E-state index >= 15 is 0 Å². The van der Waals surface area contributed by atoms with Gasteiger partial charge < -0.3 is 19.5 Å². The molecule has 0 radical (unpaired) electrons. The van der Waals surface area contributed by atoms with E-state index in [1.165, 1.54) is 0 Å². The predicted octanol–water partition coefficient (Wildman–Crippen LogP) is 3.00. The van der Waals surface area contributed by atoms with Gasteiger partial charge in [-0.25, -0.2) is 0 Å². The number of hydrogen-bond acceptors (Lipinski definition) is 4. The van der Waals surface area contributed by atoms with Gasteiger partial charge in [0.15, 0.2) is 11.7 Å². The number of likely N-dealkylation sites (tertiary alicyclic amines) is 1. The van der Waals surface area contributed by atoms with E-state index in [-0.39, 0.29) is 24.0 Å². The molecule has 2 heterocycles. The van der Waals surface area contributed by atoms with Gasteiger partial charge in [0.2, 0.25) is 0 Å².